The van der Waals surface area contributed by atoms with Gasteiger partial charge in [-0.3, -0.25) is 14.5 Å². The summed E-state index contributed by atoms with van der Waals surface area (Å²) in [7, 11) is 1.56. The van der Waals surface area contributed by atoms with Crippen LogP contribution >= 0.6 is 0 Å². The summed E-state index contributed by atoms with van der Waals surface area (Å²) >= 11 is 0. The predicted octanol–water partition coefficient (Wildman–Crippen LogP) is 5.26. The Balaban J connectivity index is 1.77. The molecule has 0 saturated heterocycles. The Morgan fingerprint density at radius 1 is 0.970 bits per heavy atom. The zero-order valence-corrected chi connectivity index (χ0v) is 18.6. The van der Waals surface area contributed by atoms with Gasteiger partial charge in [-0.05, 0) is 55.8 Å². The molecule has 1 amide bonds. The Bertz CT molecular complexity index is 1420. The summed E-state index contributed by atoms with van der Waals surface area (Å²) in [5.74, 6) is 0.844. The van der Waals surface area contributed by atoms with Gasteiger partial charge in [0, 0.05) is 5.69 Å². The van der Waals surface area contributed by atoms with Gasteiger partial charge in [-0.25, -0.2) is 0 Å². The quantitative estimate of drug-likeness (QED) is 0.423. The minimum Gasteiger partial charge on any atom is -0.493 e. The van der Waals surface area contributed by atoms with Crippen molar-refractivity contribution >= 4 is 22.6 Å². The number of methoxy groups -OCH3 is 1. The van der Waals surface area contributed by atoms with Gasteiger partial charge in [0.05, 0.1) is 30.7 Å². The lowest BCUT2D eigenvalue weighted by Crippen LogP contribution is -2.29. The summed E-state index contributed by atoms with van der Waals surface area (Å²) in [4.78, 5) is 28.8. The van der Waals surface area contributed by atoms with E-state index in [1.165, 1.54) is 0 Å². The summed E-state index contributed by atoms with van der Waals surface area (Å²) < 4.78 is 17.2. The largest absolute Gasteiger partial charge is 0.493 e. The van der Waals surface area contributed by atoms with Crippen LogP contribution in [0, 0.1) is 6.92 Å². The molecule has 6 nitrogen and oxygen atoms in total. The topological polar surface area (TPSA) is 69.0 Å². The average Bonchev–Trinajstić information content (AvgIpc) is 3.13. The van der Waals surface area contributed by atoms with Gasteiger partial charge in [0.15, 0.2) is 16.9 Å². The summed E-state index contributed by atoms with van der Waals surface area (Å²) in [6.07, 6.45) is 0. The number of para-hydroxylation sites is 1. The van der Waals surface area contributed by atoms with Crippen LogP contribution in [0.3, 0.4) is 0 Å². The molecule has 4 aromatic rings. The number of anilines is 1. The van der Waals surface area contributed by atoms with Crippen molar-refractivity contribution in [3.63, 3.8) is 0 Å². The Kier molecular flexibility index (Phi) is 5.13. The van der Waals surface area contributed by atoms with E-state index in [1.54, 1.807) is 42.3 Å². The second kappa shape index (κ2) is 8.13. The highest BCUT2D eigenvalue weighted by Gasteiger charge is 2.43. The molecule has 0 N–H and O–H groups in total. The molecule has 0 fully saturated rings. The molecule has 0 bridgehead atoms. The molecule has 0 saturated carbocycles. The highest BCUT2D eigenvalue weighted by Crippen LogP contribution is 2.43. The number of ether oxygens (including phenoxy) is 2. The molecular formula is C27H23NO5. The van der Waals surface area contributed by atoms with E-state index in [0.717, 1.165) is 11.1 Å². The van der Waals surface area contributed by atoms with Gasteiger partial charge in [0.2, 0.25) is 5.76 Å². The van der Waals surface area contributed by atoms with Crippen molar-refractivity contribution in [3.8, 4) is 11.5 Å². The number of benzene rings is 3. The van der Waals surface area contributed by atoms with Gasteiger partial charge >= 0.3 is 0 Å². The zero-order chi connectivity index (χ0) is 23.1. The van der Waals surface area contributed by atoms with Crippen LogP contribution in [0.5, 0.6) is 11.5 Å². The van der Waals surface area contributed by atoms with Crippen molar-refractivity contribution in [2.75, 3.05) is 18.6 Å². The summed E-state index contributed by atoms with van der Waals surface area (Å²) in [5, 5.41) is 0.442. The normalized spacial score (nSPS) is 15.1. The van der Waals surface area contributed by atoms with Crippen LogP contribution in [0.4, 0.5) is 5.69 Å². The van der Waals surface area contributed by atoms with Gasteiger partial charge in [-0.2, -0.15) is 0 Å². The molecule has 1 aliphatic rings. The van der Waals surface area contributed by atoms with Crippen LogP contribution in [0.1, 0.15) is 40.2 Å². The number of fused-ring (bicyclic) bond motifs is 2. The fraction of sp³-hybridized carbons (Fsp3) is 0.185. The molecular weight excluding hydrogens is 418 g/mol. The van der Waals surface area contributed by atoms with Crippen molar-refractivity contribution < 1.29 is 18.7 Å². The van der Waals surface area contributed by atoms with E-state index in [-0.39, 0.29) is 17.1 Å². The lowest BCUT2D eigenvalue weighted by molar-refractivity contribution is 0.0971. The lowest BCUT2D eigenvalue weighted by atomic mass is 9.97. The van der Waals surface area contributed by atoms with E-state index in [4.69, 9.17) is 13.9 Å². The summed E-state index contributed by atoms with van der Waals surface area (Å²) in [6, 6.07) is 19.4. The molecule has 1 unspecified atom stereocenters. The van der Waals surface area contributed by atoms with Crippen LogP contribution < -0.4 is 19.8 Å². The Hall–Kier alpha value is -4.06. The van der Waals surface area contributed by atoms with Crippen LogP contribution in [-0.4, -0.2) is 19.6 Å². The number of carbonyl (C=O) groups excluding carboxylic acids is 1. The van der Waals surface area contributed by atoms with Gasteiger partial charge in [-0.1, -0.05) is 35.9 Å². The number of aryl methyl sites for hydroxylation is 1. The number of hydrogen-bond acceptors (Lipinski definition) is 5. The van der Waals surface area contributed by atoms with Crippen molar-refractivity contribution in [1.29, 1.82) is 0 Å². The van der Waals surface area contributed by atoms with Crippen LogP contribution in [0.2, 0.25) is 0 Å². The molecule has 0 spiro atoms. The molecule has 6 heteroatoms. The van der Waals surface area contributed by atoms with Crippen molar-refractivity contribution in [2.24, 2.45) is 0 Å². The van der Waals surface area contributed by atoms with E-state index in [1.807, 2.05) is 50.2 Å². The Morgan fingerprint density at radius 3 is 2.45 bits per heavy atom. The van der Waals surface area contributed by atoms with E-state index >= 15 is 0 Å². The van der Waals surface area contributed by atoms with Gasteiger partial charge < -0.3 is 13.9 Å². The fourth-order valence-corrected chi connectivity index (χ4v) is 4.34. The highest BCUT2D eigenvalue weighted by atomic mass is 16.5. The second-order valence-corrected chi connectivity index (χ2v) is 7.93. The molecule has 0 radical (unpaired) electrons. The van der Waals surface area contributed by atoms with Crippen LogP contribution in [-0.2, 0) is 0 Å². The van der Waals surface area contributed by atoms with Crippen molar-refractivity contribution in [2.45, 2.75) is 19.9 Å². The third kappa shape index (κ3) is 3.35. The Labute approximate surface area is 191 Å². The maximum atomic E-state index is 13.6. The maximum Gasteiger partial charge on any atom is 0.295 e. The number of carbonyl (C=O) groups is 1. The number of hydrogen-bond donors (Lipinski definition) is 0. The van der Waals surface area contributed by atoms with Crippen LogP contribution in [0.15, 0.2) is 75.9 Å². The Morgan fingerprint density at radius 2 is 1.73 bits per heavy atom. The van der Waals surface area contributed by atoms with Crippen molar-refractivity contribution in [1.82, 2.24) is 0 Å². The second-order valence-electron chi connectivity index (χ2n) is 7.93. The molecule has 166 valence electrons. The fourth-order valence-electron chi connectivity index (χ4n) is 4.34. The number of amides is 1. The number of rotatable bonds is 5. The van der Waals surface area contributed by atoms with Crippen LogP contribution in [0.25, 0.3) is 11.0 Å². The molecule has 1 aromatic heterocycles. The first-order chi connectivity index (χ1) is 16.0. The molecule has 5 rings (SSSR count). The summed E-state index contributed by atoms with van der Waals surface area (Å²) in [5.41, 5.74) is 2.98. The minimum absolute atomic E-state index is 0.0668. The SMILES string of the molecule is CCOc1ccc(C2c3c(oc4ccccc4c3=O)C(=O)N2c2ccc(C)cc2)cc1OC. The molecule has 1 atom stereocenters. The number of nitrogens with zero attached hydrogens (tertiary/aromatic N) is 1. The zero-order valence-electron chi connectivity index (χ0n) is 18.6. The van der Waals surface area contributed by atoms with Gasteiger partial charge in [-0.15, -0.1) is 0 Å². The molecule has 3 aromatic carbocycles. The third-order valence-electron chi connectivity index (χ3n) is 5.89. The first-order valence-corrected chi connectivity index (χ1v) is 10.8. The molecule has 0 aliphatic carbocycles. The standard InChI is InChI=1S/C27H23NO5/c1-4-32-21-14-11-17(15-22(21)31-3)24-23-25(29)19-7-5-6-8-20(19)33-26(23)27(30)28(24)18-12-9-16(2)10-13-18/h5-15,24H,4H2,1-3H3. The highest BCUT2D eigenvalue weighted by molar-refractivity contribution is 6.10. The van der Waals surface area contributed by atoms with E-state index in [2.05, 4.69) is 0 Å². The average molecular weight is 441 g/mol. The van der Waals surface area contributed by atoms with Crippen molar-refractivity contribution in [3.05, 3.63) is 99.4 Å². The predicted molar refractivity (Wildman–Crippen MR) is 126 cm³/mol. The lowest BCUT2D eigenvalue weighted by Gasteiger charge is -2.26. The van der Waals surface area contributed by atoms with E-state index < -0.39 is 6.04 Å². The smallest absolute Gasteiger partial charge is 0.295 e. The molecule has 1 aliphatic heterocycles. The first-order valence-electron chi connectivity index (χ1n) is 10.8. The first kappa shape index (κ1) is 20.8. The monoisotopic (exact) mass is 441 g/mol. The van der Waals surface area contributed by atoms with E-state index in [0.29, 0.717) is 40.3 Å². The van der Waals surface area contributed by atoms with Gasteiger partial charge in [0.1, 0.15) is 5.58 Å². The summed E-state index contributed by atoms with van der Waals surface area (Å²) in [6.45, 7) is 4.37. The minimum atomic E-state index is -0.666. The van der Waals surface area contributed by atoms with E-state index in [9.17, 15) is 9.59 Å². The maximum absolute atomic E-state index is 13.6. The molecule has 33 heavy (non-hydrogen) atoms. The molecule has 2 heterocycles. The third-order valence-corrected chi connectivity index (χ3v) is 5.89. The van der Waals surface area contributed by atoms with Gasteiger partial charge in [0.25, 0.3) is 5.91 Å².